The van der Waals surface area contributed by atoms with Crippen LogP contribution in [0.25, 0.3) is 0 Å². The molecule has 0 spiro atoms. The summed E-state index contributed by atoms with van der Waals surface area (Å²) < 4.78 is 4.71. The number of methoxy groups -OCH3 is 1. The molecule has 1 aromatic carbocycles. The lowest BCUT2D eigenvalue weighted by molar-refractivity contribution is 0.0600. The second-order valence-electron chi connectivity index (χ2n) is 5.12. The van der Waals surface area contributed by atoms with Gasteiger partial charge in [-0.05, 0) is 37.2 Å². The number of carbonyl (C=O) groups is 1. The predicted molar refractivity (Wildman–Crippen MR) is 82.9 cm³/mol. The summed E-state index contributed by atoms with van der Waals surface area (Å²) in [6, 6.07) is 7.71. The van der Waals surface area contributed by atoms with Crippen molar-refractivity contribution < 1.29 is 9.53 Å². The van der Waals surface area contributed by atoms with E-state index in [1.807, 2.05) is 24.3 Å². The molecule has 0 bridgehead atoms. The highest BCUT2D eigenvalue weighted by molar-refractivity contribution is 5.89. The molecule has 0 heterocycles. The summed E-state index contributed by atoms with van der Waals surface area (Å²) in [6.45, 7) is 7.59. The largest absolute Gasteiger partial charge is 0.465 e. The molecule has 0 radical (unpaired) electrons. The lowest BCUT2D eigenvalue weighted by Crippen LogP contribution is -2.24. The van der Waals surface area contributed by atoms with Gasteiger partial charge in [-0.15, -0.1) is 0 Å². The Balaban J connectivity index is 2.46. The van der Waals surface area contributed by atoms with Crippen LogP contribution in [0.1, 0.15) is 55.5 Å². The van der Waals surface area contributed by atoms with Crippen LogP contribution in [0.5, 0.6) is 0 Å². The maximum absolute atomic E-state index is 11.4. The first-order chi connectivity index (χ1) is 9.71. The van der Waals surface area contributed by atoms with Gasteiger partial charge in [0.05, 0.1) is 12.7 Å². The standard InChI is InChI=1S/C17H27NO2/c1-4-6-7-8-13-18(5-2)14-15-9-11-16(12-10-15)17(19)20-3/h9-12H,4-8,13-14H2,1-3H3. The van der Waals surface area contributed by atoms with Crippen LogP contribution in [0.15, 0.2) is 24.3 Å². The Kier molecular flexibility index (Phi) is 7.97. The summed E-state index contributed by atoms with van der Waals surface area (Å²) in [4.78, 5) is 13.8. The van der Waals surface area contributed by atoms with Crippen molar-refractivity contribution in [2.24, 2.45) is 0 Å². The Morgan fingerprint density at radius 1 is 1.10 bits per heavy atom. The number of hydrogen-bond donors (Lipinski definition) is 0. The highest BCUT2D eigenvalue weighted by Gasteiger charge is 2.06. The van der Waals surface area contributed by atoms with Gasteiger partial charge in [0.15, 0.2) is 0 Å². The molecule has 0 fully saturated rings. The highest BCUT2D eigenvalue weighted by Crippen LogP contribution is 2.10. The second-order valence-corrected chi connectivity index (χ2v) is 5.12. The molecule has 0 aliphatic heterocycles. The van der Waals surface area contributed by atoms with Crippen LogP contribution in [0.3, 0.4) is 0 Å². The molecule has 0 unspecified atom stereocenters. The van der Waals surface area contributed by atoms with Crippen molar-refractivity contribution in [2.45, 2.75) is 46.1 Å². The van der Waals surface area contributed by atoms with Gasteiger partial charge in [-0.25, -0.2) is 4.79 Å². The zero-order valence-corrected chi connectivity index (χ0v) is 13.0. The molecular formula is C17H27NO2. The Hall–Kier alpha value is -1.35. The average Bonchev–Trinajstić information content (AvgIpc) is 2.50. The van der Waals surface area contributed by atoms with Gasteiger partial charge in [0.25, 0.3) is 0 Å². The smallest absolute Gasteiger partial charge is 0.337 e. The SMILES string of the molecule is CCCCCCN(CC)Cc1ccc(C(=O)OC)cc1. The maximum Gasteiger partial charge on any atom is 0.337 e. The molecule has 3 heteroatoms. The third kappa shape index (κ3) is 5.74. The average molecular weight is 277 g/mol. The molecule has 0 amide bonds. The fourth-order valence-corrected chi connectivity index (χ4v) is 2.23. The van der Waals surface area contributed by atoms with Crippen molar-refractivity contribution in [3.63, 3.8) is 0 Å². The molecule has 0 aliphatic carbocycles. The summed E-state index contributed by atoms with van der Waals surface area (Å²) in [5.41, 5.74) is 1.86. The van der Waals surface area contributed by atoms with Crippen molar-refractivity contribution in [2.75, 3.05) is 20.2 Å². The van der Waals surface area contributed by atoms with Crippen LogP contribution in [0.4, 0.5) is 0 Å². The van der Waals surface area contributed by atoms with Crippen LogP contribution < -0.4 is 0 Å². The predicted octanol–water partition coefficient (Wildman–Crippen LogP) is 3.88. The summed E-state index contributed by atoms with van der Waals surface area (Å²) in [5, 5.41) is 0. The number of esters is 1. The first kappa shape index (κ1) is 16.7. The summed E-state index contributed by atoms with van der Waals surface area (Å²) >= 11 is 0. The highest BCUT2D eigenvalue weighted by atomic mass is 16.5. The number of unbranched alkanes of at least 4 members (excludes halogenated alkanes) is 3. The van der Waals surface area contributed by atoms with E-state index in [9.17, 15) is 4.79 Å². The van der Waals surface area contributed by atoms with E-state index < -0.39 is 0 Å². The molecule has 1 rings (SSSR count). The third-order valence-electron chi connectivity index (χ3n) is 3.56. The van der Waals surface area contributed by atoms with E-state index in [-0.39, 0.29) is 5.97 Å². The van der Waals surface area contributed by atoms with Crippen LogP contribution >= 0.6 is 0 Å². The quantitative estimate of drug-likeness (QED) is 0.507. The zero-order chi connectivity index (χ0) is 14.8. The molecule has 0 aromatic heterocycles. The number of benzene rings is 1. The summed E-state index contributed by atoms with van der Waals surface area (Å²) in [6.07, 6.45) is 5.18. The van der Waals surface area contributed by atoms with Crippen LogP contribution in [0.2, 0.25) is 0 Å². The first-order valence-electron chi connectivity index (χ1n) is 7.60. The summed E-state index contributed by atoms with van der Waals surface area (Å²) in [5.74, 6) is -0.275. The number of nitrogens with zero attached hydrogens (tertiary/aromatic N) is 1. The molecule has 1 aromatic rings. The van der Waals surface area contributed by atoms with Crippen molar-refractivity contribution in [3.05, 3.63) is 35.4 Å². The normalized spacial score (nSPS) is 10.8. The monoisotopic (exact) mass is 277 g/mol. The molecule has 112 valence electrons. The van der Waals surface area contributed by atoms with E-state index in [1.54, 1.807) is 0 Å². The third-order valence-corrected chi connectivity index (χ3v) is 3.56. The number of hydrogen-bond acceptors (Lipinski definition) is 3. The van der Waals surface area contributed by atoms with Gasteiger partial charge in [0, 0.05) is 6.54 Å². The van der Waals surface area contributed by atoms with Crippen LogP contribution in [0, 0.1) is 0 Å². The molecule has 0 aliphatic rings. The van der Waals surface area contributed by atoms with Gasteiger partial charge in [0.1, 0.15) is 0 Å². The van der Waals surface area contributed by atoms with Crippen LogP contribution in [-0.4, -0.2) is 31.1 Å². The number of ether oxygens (including phenoxy) is 1. The number of rotatable bonds is 9. The minimum Gasteiger partial charge on any atom is -0.465 e. The second kappa shape index (κ2) is 9.54. The van der Waals surface area contributed by atoms with Gasteiger partial charge >= 0.3 is 5.97 Å². The minimum atomic E-state index is -0.275. The first-order valence-corrected chi connectivity index (χ1v) is 7.60. The van der Waals surface area contributed by atoms with Crippen molar-refractivity contribution in [1.29, 1.82) is 0 Å². The van der Waals surface area contributed by atoms with E-state index >= 15 is 0 Å². The fraction of sp³-hybridized carbons (Fsp3) is 0.588. The molecule has 0 atom stereocenters. The molecule has 20 heavy (non-hydrogen) atoms. The van der Waals surface area contributed by atoms with Gasteiger partial charge in [-0.3, -0.25) is 4.90 Å². The summed E-state index contributed by atoms with van der Waals surface area (Å²) in [7, 11) is 1.41. The van der Waals surface area contributed by atoms with E-state index in [0.29, 0.717) is 5.56 Å². The zero-order valence-electron chi connectivity index (χ0n) is 13.0. The van der Waals surface area contributed by atoms with E-state index in [1.165, 1.54) is 38.4 Å². The fourth-order valence-electron chi connectivity index (χ4n) is 2.23. The van der Waals surface area contributed by atoms with Gasteiger partial charge in [-0.1, -0.05) is 45.2 Å². The number of carbonyl (C=O) groups excluding carboxylic acids is 1. The molecule has 0 N–H and O–H groups in total. The van der Waals surface area contributed by atoms with Gasteiger partial charge < -0.3 is 4.74 Å². The van der Waals surface area contributed by atoms with E-state index in [2.05, 4.69) is 18.7 Å². The lowest BCUT2D eigenvalue weighted by Gasteiger charge is -2.20. The van der Waals surface area contributed by atoms with Gasteiger partial charge in [0.2, 0.25) is 0 Å². The Bertz CT molecular complexity index is 386. The van der Waals surface area contributed by atoms with Crippen molar-refractivity contribution in [3.8, 4) is 0 Å². The Labute approximate surface area is 122 Å². The van der Waals surface area contributed by atoms with Crippen molar-refractivity contribution >= 4 is 5.97 Å². The van der Waals surface area contributed by atoms with Crippen LogP contribution in [-0.2, 0) is 11.3 Å². The Morgan fingerprint density at radius 3 is 2.35 bits per heavy atom. The maximum atomic E-state index is 11.4. The molecular weight excluding hydrogens is 250 g/mol. The topological polar surface area (TPSA) is 29.5 Å². The lowest BCUT2D eigenvalue weighted by atomic mass is 10.1. The van der Waals surface area contributed by atoms with Gasteiger partial charge in [-0.2, -0.15) is 0 Å². The minimum absolute atomic E-state index is 0.275. The van der Waals surface area contributed by atoms with Crippen molar-refractivity contribution in [1.82, 2.24) is 4.90 Å². The molecule has 3 nitrogen and oxygen atoms in total. The van der Waals surface area contributed by atoms with E-state index in [4.69, 9.17) is 4.74 Å². The molecule has 0 saturated carbocycles. The Morgan fingerprint density at radius 2 is 1.80 bits per heavy atom. The molecule has 0 saturated heterocycles. The van der Waals surface area contributed by atoms with E-state index in [0.717, 1.165) is 19.6 Å².